The minimum atomic E-state index is -3.01. The Morgan fingerprint density at radius 1 is 1.60 bits per heavy atom. The molecule has 15 heavy (non-hydrogen) atoms. The highest BCUT2D eigenvalue weighted by Gasteiger charge is 2.27. The molecule has 1 aromatic rings. The number of alkyl halides is 2. The van der Waals surface area contributed by atoms with E-state index in [1.807, 2.05) is 0 Å². The first-order chi connectivity index (χ1) is 6.97. The molecule has 0 amide bonds. The van der Waals surface area contributed by atoms with Crippen LogP contribution in [0.4, 0.5) is 19.0 Å². The van der Waals surface area contributed by atoms with Gasteiger partial charge in [0, 0.05) is 4.98 Å². The van der Waals surface area contributed by atoms with Gasteiger partial charge in [-0.3, -0.25) is 0 Å². The standard InChI is InChI=1S/C7H5F3N2O3/c1-15-7-3(5(9)10)2-4(8)6(11-7)12(13)14/h2,5H,1H3. The van der Waals surface area contributed by atoms with Gasteiger partial charge in [-0.2, -0.15) is 4.39 Å². The van der Waals surface area contributed by atoms with E-state index in [0.717, 1.165) is 7.11 Å². The van der Waals surface area contributed by atoms with Crippen molar-refractivity contribution in [2.45, 2.75) is 6.43 Å². The first-order valence-electron chi connectivity index (χ1n) is 3.64. The summed E-state index contributed by atoms with van der Waals surface area (Å²) in [6, 6.07) is 0.342. The average Bonchev–Trinajstić information content (AvgIpc) is 2.16. The van der Waals surface area contributed by atoms with E-state index < -0.39 is 34.4 Å². The highest BCUT2D eigenvalue weighted by molar-refractivity contribution is 5.35. The number of pyridine rings is 1. The number of nitro groups is 1. The molecule has 0 radical (unpaired) electrons. The van der Waals surface area contributed by atoms with Crippen LogP contribution in [0.25, 0.3) is 0 Å². The van der Waals surface area contributed by atoms with Crippen LogP contribution in [0.15, 0.2) is 6.07 Å². The number of rotatable bonds is 3. The number of aromatic nitrogens is 1. The summed E-state index contributed by atoms with van der Waals surface area (Å²) in [4.78, 5) is 12.1. The van der Waals surface area contributed by atoms with Crippen LogP contribution in [0.3, 0.4) is 0 Å². The van der Waals surface area contributed by atoms with E-state index in [2.05, 4.69) is 9.72 Å². The molecule has 0 unspecified atom stereocenters. The molecule has 1 heterocycles. The zero-order chi connectivity index (χ0) is 11.6. The van der Waals surface area contributed by atoms with Gasteiger partial charge < -0.3 is 14.9 Å². The van der Waals surface area contributed by atoms with E-state index >= 15 is 0 Å². The first kappa shape index (κ1) is 11.2. The Hall–Kier alpha value is -1.86. The van der Waals surface area contributed by atoms with Crippen molar-refractivity contribution in [3.63, 3.8) is 0 Å². The third kappa shape index (κ3) is 2.14. The van der Waals surface area contributed by atoms with Crippen LogP contribution in [0, 0.1) is 15.9 Å². The Morgan fingerprint density at radius 2 is 2.20 bits per heavy atom. The van der Waals surface area contributed by atoms with Gasteiger partial charge >= 0.3 is 11.7 Å². The number of halogens is 3. The van der Waals surface area contributed by atoms with E-state index in [-0.39, 0.29) is 0 Å². The first-order valence-corrected chi connectivity index (χ1v) is 3.64. The number of hydrogen-bond acceptors (Lipinski definition) is 4. The third-order valence-electron chi connectivity index (χ3n) is 1.55. The molecule has 82 valence electrons. The summed E-state index contributed by atoms with van der Waals surface area (Å²) in [5.74, 6) is -3.22. The molecular formula is C7H5F3N2O3. The molecule has 0 bridgehead atoms. The summed E-state index contributed by atoms with van der Waals surface area (Å²) in [5, 5.41) is 10.2. The molecule has 0 atom stereocenters. The van der Waals surface area contributed by atoms with Crippen molar-refractivity contribution in [2.75, 3.05) is 7.11 Å². The molecule has 5 nitrogen and oxygen atoms in total. The quantitative estimate of drug-likeness (QED) is 0.580. The molecule has 0 fully saturated rings. The van der Waals surface area contributed by atoms with Gasteiger partial charge in [0.25, 0.3) is 6.43 Å². The van der Waals surface area contributed by atoms with Crippen molar-refractivity contribution in [2.24, 2.45) is 0 Å². The second kappa shape index (κ2) is 4.11. The normalized spacial score (nSPS) is 10.5. The van der Waals surface area contributed by atoms with Crippen molar-refractivity contribution in [1.82, 2.24) is 4.98 Å². The predicted octanol–water partition coefficient (Wildman–Crippen LogP) is 2.08. The van der Waals surface area contributed by atoms with Crippen LogP contribution in [-0.4, -0.2) is 17.0 Å². The minimum absolute atomic E-state index is 0.342. The number of methoxy groups -OCH3 is 1. The molecule has 0 N–H and O–H groups in total. The SMILES string of the molecule is COc1nc([N+](=O)[O-])c(F)cc1C(F)F. The minimum Gasteiger partial charge on any atom is -0.462 e. The molecule has 0 aliphatic rings. The van der Waals surface area contributed by atoms with Gasteiger partial charge in [-0.1, -0.05) is 0 Å². The molecule has 0 aromatic carbocycles. The molecule has 1 rings (SSSR count). The second-order valence-corrected chi connectivity index (χ2v) is 2.45. The predicted molar refractivity (Wildman–Crippen MR) is 42.4 cm³/mol. The summed E-state index contributed by atoms with van der Waals surface area (Å²) in [6.45, 7) is 0. The fourth-order valence-corrected chi connectivity index (χ4v) is 0.925. The van der Waals surface area contributed by atoms with Crippen molar-refractivity contribution >= 4 is 5.82 Å². The highest BCUT2D eigenvalue weighted by Crippen LogP contribution is 2.30. The summed E-state index contributed by atoms with van der Waals surface area (Å²) in [5.41, 5.74) is -0.819. The summed E-state index contributed by atoms with van der Waals surface area (Å²) in [6.07, 6.45) is -3.01. The largest absolute Gasteiger partial charge is 0.462 e. The summed E-state index contributed by atoms with van der Waals surface area (Å²) >= 11 is 0. The molecule has 0 aliphatic heterocycles. The van der Waals surface area contributed by atoms with Crippen molar-refractivity contribution in [1.29, 1.82) is 0 Å². The lowest BCUT2D eigenvalue weighted by molar-refractivity contribution is -0.392. The molecule has 0 spiro atoms. The Balaban J connectivity index is 3.35. The van der Waals surface area contributed by atoms with E-state index in [1.165, 1.54) is 0 Å². The third-order valence-corrected chi connectivity index (χ3v) is 1.55. The van der Waals surface area contributed by atoms with Gasteiger partial charge in [-0.25, -0.2) is 8.78 Å². The van der Waals surface area contributed by atoms with Crippen LogP contribution in [-0.2, 0) is 0 Å². The van der Waals surface area contributed by atoms with Gasteiger partial charge in [-0.05, 0) is 11.0 Å². The van der Waals surface area contributed by atoms with Gasteiger partial charge in [0.05, 0.1) is 7.11 Å². The zero-order valence-electron chi connectivity index (χ0n) is 7.41. The fraction of sp³-hybridized carbons (Fsp3) is 0.286. The lowest BCUT2D eigenvalue weighted by Crippen LogP contribution is -2.02. The molecular weight excluding hydrogens is 217 g/mol. The topological polar surface area (TPSA) is 65.3 Å². The van der Waals surface area contributed by atoms with E-state index in [9.17, 15) is 23.3 Å². The fourth-order valence-electron chi connectivity index (χ4n) is 0.925. The van der Waals surface area contributed by atoms with Crippen molar-refractivity contribution in [3.05, 3.63) is 27.6 Å². The molecule has 0 saturated carbocycles. The summed E-state index contributed by atoms with van der Waals surface area (Å²) < 4.78 is 41.8. The molecule has 1 aromatic heterocycles. The number of hydrogen-bond donors (Lipinski definition) is 0. The number of ether oxygens (including phenoxy) is 1. The molecule has 0 saturated heterocycles. The Kier molecular flexibility index (Phi) is 3.08. The lowest BCUT2D eigenvalue weighted by Gasteiger charge is -2.03. The zero-order valence-corrected chi connectivity index (χ0v) is 7.41. The van der Waals surface area contributed by atoms with Gasteiger partial charge in [0.2, 0.25) is 5.82 Å². The van der Waals surface area contributed by atoms with Crippen molar-refractivity contribution in [3.8, 4) is 5.88 Å². The molecule has 0 aliphatic carbocycles. The van der Waals surface area contributed by atoms with E-state index in [4.69, 9.17) is 0 Å². The monoisotopic (exact) mass is 222 g/mol. The average molecular weight is 222 g/mol. The lowest BCUT2D eigenvalue weighted by atomic mass is 10.2. The molecule has 8 heteroatoms. The van der Waals surface area contributed by atoms with Gasteiger partial charge in [-0.15, -0.1) is 0 Å². The smallest absolute Gasteiger partial charge is 0.403 e. The van der Waals surface area contributed by atoms with E-state index in [0.29, 0.717) is 6.07 Å². The van der Waals surface area contributed by atoms with Crippen LogP contribution >= 0.6 is 0 Å². The second-order valence-electron chi connectivity index (χ2n) is 2.45. The Labute approximate surface area is 81.6 Å². The van der Waals surface area contributed by atoms with E-state index in [1.54, 1.807) is 0 Å². The van der Waals surface area contributed by atoms with Crippen LogP contribution in [0.1, 0.15) is 12.0 Å². The summed E-state index contributed by atoms with van der Waals surface area (Å²) in [7, 11) is 1.01. The maximum absolute atomic E-state index is 12.9. The van der Waals surface area contributed by atoms with Crippen LogP contribution < -0.4 is 4.74 Å². The highest BCUT2D eigenvalue weighted by atomic mass is 19.3. The number of nitrogens with zero attached hydrogens (tertiary/aromatic N) is 2. The Bertz CT molecular complexity index is 397. The van der Waals surface area contributed by atoms with Crippen LogP contribution in [0.2, 0.25) is 0 Å². The maximum atomic E-state index is 12.9. The van der Waals surface area contributed by atoms with Gasteiger partial charge in [0.1, 0.15) is 5.56 Å². The Morgan fingerprint density at radius 3 is 2.60 bits per heavy atom. The van der Waals surface area contributed by atoms with Crippen LogP contribution in [0.5, 0.6) is 5.88 Å². The maximum Gasteiger partial charge on any atom is 0.403 e. The van der Waals surface area contributed by atoms with Crippen molar-refractivity contribution < 1.29 is 22.8 Å². The van der Waals surface area contributed by atoms with Gasteiger partial charge in [0.15, 0.2) is 0 Å².